The fourth-order valence-electron chi connectivity index (χ4n) is 3.80. The summed E-state index contributed by atoms with van der Waals surface area (Å²) in [5.41, 5.74) is 7.79. The molecule has 2 aromatic rings. The molecule has 1 aliphatic carbocycles. The van der Waals surface area contributed by atoms with Crippen LogP contribution in [0.2, 0.25) is 0 Å². The van der Waals surface area contributed by atoms with Gasteiger partial charge in [0.05, 0.1) is 18.0 Å². The summed E-state index contributed by atoms with van der Waals surface area (Å²) >= 11 is 0. The molecule has 3 rings (SSSR count). The maximum absolute atomic E-state index is 6.06. The lowest BCUT2D eigenvalue weighted by Crippen LogP contribution is -2.18. The zero-order valence-corrected chi connectivity index (χ0v) is 15.0. The monoisotopic (exact) mass is 331 g/mol. The van der Waals surface area contributed by atoms with Crippen LogP contribution < -0.4 is 10.5 Å². The number of nitrogens with two attached hydrogens (primary N) is 1. The van der Waals surface area contributed by atoms with Crippen LogP contribution in [0.3, 0.4) is 0 Å². The summed E-state index contributed by atoms with van der Waals surface area (Å²) < 4.78 is 7.65. The van der Waals surface area contributed by atoms with Gasteiger partial charge in [0.15, 0.2) is 11.5 Å². The Hall–Kier alpha value is -1.85. The fraction of sp³-hybridized carbons (Fsp3) is 0.722. The molecule has 0 saturated heterocycles. The largest absolute Gasteiger partial charge is 0.459 e. The quantitative estimate of drug-likeness (QED) is 0.874. The molecule has 6 nitrogen and oxygen atoms in total. The van der Waals surface area contributed by atoms with Crippen molar-refractivity contribution in [1.82, 2.24) is 19.6 Å². The van der Waals surface area contributed by atoms with Gasteiger partial charge in [0.25, 0.3) is 0 Å². The molecule has 1 saturated carbocycles. The van der Waals surface area contributed by atoms with Gasteiger partial charge in [0, 0.05) is 0 Å². The first-order chi connectivity index (χ1) is 11.6. The lowest BCUT2D eigenvalue weighted by Gasteiger charge is -2.26. The van der Waals surface area contributed by atoms with Crippen LogP contribution in [0, 0.1) is 11.8 Å². The Bertz CT molecular complexity index is 683. The van der Waals surface area contributed by atoms with Gasteiger partial charge in [-0.05, 0) is 38.0 Å². The second kappa shape index (κ2) is 7.36. The summed E-state index contributed by atoms with van der Waals surface area (Å²) in [6.07, 6.45) is 10.2. The van der Waals surface area contributed by atoms with Crippen molar-refractivity contribution in [2.75, 3.05) is 5.73 Å². The highest BCUT2D eigenvalue weighted by Crippen LogP contribution is 2.31. The summed E-state index contributed by atoms with van der Waals surface area (Å²) in [4.78, 5) is 8.67. The number of hydrogen-bond donors (Lipinski definition) is 1. The van der Waals surface area contributed by atoms with Crippen LogP contribution in [0.4, 0.5) is 5.82 Å². The van der Waals surface area contributed by atoms with Crippen LogP contribution in [0.5, 0.6) is 6.01 Å². The fourth-order valence-corrected chi connectivity index (χ4v) is 3.80. The van der Waals surface area contributed by atoms with Gasteiger partial charge < -0.3 is 10.5 Å². The van der Waals surface area contributed by atoms with Crippen LogP contribution in [0.25, 0.3) is 5.65 Å². The number of aromatic nitrogens is 4. The molecule has 0 radical (unpaired) electrons. The highest BCUT2D eigenvalue weighted by atomic mass is 16.5. The molecule has 0 aromatic carbocycles. The van der Waals surface area contributed by atoms with E-state index in [1.54, 1.807) is 0 Å². The normalized spacial score (nSPS) is 22.6. The molecule has 0 aliphatic heterocycles. The van der Waals surface area contributed by atoms with Crippen molar-refractivity contribution >= 4 is 11.5 Å². The van der Waals surface area contributed by atoms with Crippen LogP contribution in [-0.4, -0.2) is 25.7 Å². The molecule has 0 unspecified atom stereocenters. The van der Waals surface area contributed by atoms with E-state index >= 15 is 0 Å². The van der Waals surface area contributed by atoms with E-state index in [2.05, 4.69) is 28.9 Å². The summed E-state index contributed by atoms with van der Waals surface area (Å²) in [5, 5.41) is 4.54. The summed E-state index contributed by atoms with van der Waals surface area (Å²) in [6, 6.07) is 0.345. The second-order valence-corrected chi connectivity index (χ2v) is 7.32. The average molecular weight is 331 g/mol. The molecule has 2 heterocycles. The number of nitrogen functional groups attached to an aromatic ring is 1. The molecule has 2 N–H and O–H groups in total. The molecule has 132 valence electrons. The van der Waals surface area contributed by atoms with Gasteiger partial charge >= 0.3 is 6.01 Å². The van der Waals surface area contributed by atoms with Crippen molar-refractivity contribution in [2.24, 2.45) is 11.8 Å². The van der Waals surface area contributed by atoms with Gasteiger partial charge in [-0.3, -0.25) is 0 Å². The minimum atomic E-state index is 0.0815. The molecule has 24 heavy (non-hydrogen) atoms. The first-order valence-corrected chi connectivity index (χ1v) is 9.23. The average Bonchev–Trinajstić information content (AvgIpc) is 2.91. The lowest BCUT2D eigenvalue weighted by atomic mass is 9.80. The van der Waals surface area contributed by atoms with Gasteiger partial charge in [0.1, 0.15) is 0 Å². The van der Waals surface area contributed by atoms with Crippen LogP contribution in [-0.2, 0) is 6.42 Å². The van der Waals surface area contributed by atoms with Crippen molar-refractivity contribution in [2.45, 2.75) is 71.8 Å². The van der Waals surface area contributed by atoms with Crippen molar-refractivity contribution in [1.29, 1.82) is 0 Å². The van der Waals surface area contributed by atoms with Crippen LogP contribution in [0.15, 0.2) is 6.20 Å². The predicted molar refractivity (Wildman–Crippen MR) is 95.0 cm³/mol. The highest BCUT2D eigenvalue weighted by Gasteiger charge is 2.21. The Morgan fingerprint density at radius 2 is 2.25 bits per heavy atom. The maximum Gasteiger partial charge on any atom is 0.336 e. The summed E-state index contributed by atoms with van der Waals surface area (Å²) in [7, 11) is 0. The Kier molecular flexibility index (Phi) is 5.21. The SMILES string of the molecule is CCC[C@H](C)Oc1nc(N)c2ncc(C[C@@H]3CCC[C@@H](C)C3)n2n1. The van der Waals surface area contributed by atoms with Crippen molar-refractivity contribution in [3.05, 3.63) is 11.9 Å². The standard InChI is InChI=1S/C18H29N5O/c1-4-6-13(3)24-18-21-16(19)17-20-11-15(23(17)22-18)10-14-8-5-7-12(2)9-14/h11-14H,4-10H2,1-3H3,(H2,19,21,22)/t12-,13+,14-/m1/s1. The lowest BCUT2D eigenvalue weighted by molar-refractivity contribution is 0.189. The van der Waals surface area contributed by atoms with Crippen molar-refractivity contribution < 1.29 is 4.74 Å². The van der Waals surface area contributed by atoms with Gasteiger partial charge in [-0.1, -0.05) is 39.5 Å². The van der Waals surface area contributed by atoms with E-state index in [-0.39, 0.29) is 6.10 Å². The summed E-state index contributed by atoms with van der Waals surface area (Å²) in [5.74, 6) is 1.90. The first-order valence-electron chi connectivity index (χ1n) is 9.23. The Balaban J connectivity index is 1.82. The van der Waals surface area contributed by atoms with Gasteiger partial charge in [-0.25, -0.2) is 9.50 Å². The zero-order chi connectivity index (χ0) is 17.1. The number of ether oxygens (including phenoxy) is 1. The molecule has 0 spiro atoms. The molecule has 1 aliphatic rings. The van der Waals surface area contributed by atoms with Gasteiger partial charge in [0.2, 0.25) is 0 Å². The van der Waals surface area contributed by atoms with E-state index < -0.39 is 0 Å². The molecular weight excluding hydrogens is 302 g/mol. The zero-order valence-electron chi connectivity index (χ0n) is 15.0. The Morgan fingerprint density at radius 3 is 3.00 bits per heavy atom. The van der Waals surface area contributed by atoms with E-state index in [4.69, 9.17) is 10.5 Å². The number of anilines is 1. The van der Waals surface area contributed by atoms with E-state index in [1.165, 1.54) is 25.7 Å². The number of fused-ring (bicyclic) bond motifs is 1. The maximum atomic E-state index is 6.06. The Labute approximate surface area is 143 Å². The second-order valence-electron chi connectivity index (χ2n) is 7.32. The molecule has 3 atom stereocenters. The molecule has 0 amide bonds. The third-order valence-corrected chi connectivity index (χ3v) is 4.98. The number of hydrogen-bond acceptors (Lipinski definition) is 5. The molecule has 0 bridgehead atoms. The van der Waals surface area contributed by atoms with Gasteiger partial charge in [-0.2, -0.15) is 4.98 Å². The van der Waals surface area contributed by atoms with E-state index in [0.29, 0.717) is 23.4 Å². The first kappa shape index (κ1) is 17.0. The van der Waals surface area contributed by atoms with E-state index in [1.807, 2.05) is 17.6 Å². The number of nitrogens with zero attached hydrogens (tertiary/aromatic N) is 4. The Morgan fingerprint density at radius 1 is 1.42 bits per heavy atom. The van der Waals surface area contributed by atoms with Crippen LogP contribution in [0.1, 0.15) is 65.0 Å². The van der Waals surface area contributed by atoms with Crippen molar-refractivity contribution in [3.63, 3.8) is 0 Å². The number of imidazole rings is 1. The minimum Gasteiger partial charge on any atom is -0.459 e. The van der Waals surface area contributed by atoms with Gasteiger partial charge in [-0.15, -0.1) is 5.10 Å². The topological polar surface area (TPSA) is 78.3 Å². The van der Waals surface area contributed by atoms with E-state index in [0.717, 1.165) is 30.9 Å². The molecule has 2 aromatic heterocycles. The third kappa shape index (κ3) is 3.79. The van der Waals surface area contributed by atoms with Crippen LogP contribution >= 0.6 is 0 Å². The molecular formula is C18H29N5O. The highest BCUT2D eigenvalue weighted by molar-refractivity contribution is 5.59. The number of rotatable bonds is 6. The van der Waals surface area contributed by atoms with Crippen molar-refractivity contribution in [3.8, 4) is 6.01 Å². The summed E-state index contributed by atoms with van der Waals surface area (Å²) in [6.45, 7) is 6.52. The van der Waals surface area contributed by atoms with E-state index in [9.17, 15) is 0 Å². The minimum absolute atomic E-state index is 0.0815. The molecule has 6 heteroatoms. The molecule has 1 fully saturated rings. The predicted octanol–water partition coefficient (Wildman–Crippen LogP) is 3.64. The smallest absolute Gasteiger partial charge is 0.336 e. The third-order valence-electron chi connectivity index (χ3n) is 4.98.